The summed E-state index contributed by atoms with van der Waals surface area (Å²) < 4.78 is 0. The smallest absolute Gasteiger partial charge is 0.244 e. The minimum atomic E-state index is -0.543. The fourth-order valence-corrected chi connectivity index (χ4v) is 0.373. The Hall–Kier alpha value is -0.900. The van der Waals surface area contributed by atoms with Gasteiger partial charge < -0.3 is 0 Å². The van der Waals surface area contributed by atoms with Crippen LogP contribution in [0.2, 0.25) is 0 Å². The summed E-state index contributed by atoms with van der Waals surface area (Å²) in [5.74, 6) is 0. The van der Waals surface area contributed by atoms with Crippen LogP contribution in [0.25, 0.3) is 0 Å². The normalized spacial score (nSPS) is 17.5. The van der Waals surface area contributed by atoms with Gasteiger partial charge in [0.15, 0.2) is 0 Å². The van der Waals surface area contributed by atoms with Gasteiger partial charge in [0.1, 0.15) is 6.21 Å². The van der Waals surface area contributed by atoms with Crippen molar-refractivity contribution in [2.24, 2.45) is 9.98 Å². The average Bonchev–Trinajstić information content (AvgIpc) is 1.77. The van der Waals surface area contributed by atoms with E-state index in [4.69, 9.17) is 0 Å². The molecule has 2 amide bonds. The Morgan fingerprint density at radius 1 is 1.75 bits per heavy atom. The van der Waals surface area contributed by atoms with Crippen LogP contribution in [0.15, 0.2) is 9.98 Å². The summed E-state index contributed by atoms with van der Waals surface area (Å²) in [5.41, 5.74) is 0. The monoisotopic (exact) mass is 125 g/mol. The average molecular weight is 125 g/mol. The maximum absolute atomic E-state index is 10.1. The van der Waals surface area contributed by atoms with E-state index in [1.165, 1.54) is 6.21 Å². The van der Waals surface area contributed by atoms with Crippen LogP contribution >= 0.6 is 12.2 Å². The minimum absolute atomic E-state index is 0.365. The van der Waals surface area contributed by atoms with Crippen molar-refractivity contribution in [1.82, 2.24) is 0 Å². The molecule has 0 aromatic heterocycles. The van der Waals surface area contributed by atoms with Crippen LogP contribution < -0.4 is 0 Å². The van der Waals surface area contributed by atoms with Crippen molar-refractivity contribution >= 4 is 35.5 Å². The predicted molar refractivity (Wildman–Crippen MR) is 33.9 cm³/mol. The Kier molecular flexibility index (Phi) is 1.26. The summed E-state index contributed by atoms with van der Waals surface area (Å²) >= 11 is 4.55. The molecule has 39 valence electrons. The third kappa shape index (κ3) is 1.04. The van der Waals surface area contributed by atoms with Gasteiger partial charge in [0.05, 0.1) is 11.1 Å². The molecule has 0 aliphatic carbocycles. The Morgan fingerprint density at radius 3 is 2.88 bits per heavy atom. The molecule has 0 unspecified atom stereocenters. The molecule has 8 heavy (non-hydrogen) atoms. The van der Waals surface area contributed by atoms with Gasteiger partial charge in [-0.15, -0.1) is 0 Å². The molecule has 1 radical (unpaired) electrons. The van der Waals surface area contributed by atoms with Gasteiger partial charge in [0, 0.05) is 0 Å². The summed E-state index contributed by atoms with van der Waals surface area (Å²) in [4.78, 5) is 16.9. The Balaban J connectivity index is 2.83. The summed E-state index contributed by atoms with van der Waals surface area (Å²) in [6, 6.07) is -0.543. The zero-order chi connectivity index (χ0) is 5.98. The molecule has 4 heteroatoms. The molecule has 0 aromatic rings. The van der Waals surface area contributed by atoms with E-state index in [0.717, 1.165) is 0 Å². The molecule has 0 spiro atoms. The van der Waals surface area contributed by atoms with E-state index in [9.17, 15) is 4.79 Å². The molecule has 0 saturated carbocycles. The first-order valence-corrected chi connectivity index (χ1v) is 2.28. The van der Waals surface area contributed by atoms with E-state index in [-0.39, 0.29) is 0 Å². The Morgan fingerprint density at radius 2 is 2.50 bits per heavy atom. The van der Waals surface area contributed by atoms with Crippen molar-refractivity contribution in [1.29, 1.82) is 0 Å². The highest BCUT2D eigenvalue weighted by Gasteiger charge is 1.98. The zero-order valence-corrected chi connectivity index (χ0v) is 4.60. The number of urea groups is 1. The third-order valence-corrected chi connectivity index (χ3v) is 0.751. The molecule has 3 nitrogen and oxygen atoms in total. The van der Waals surface area contributed by atoms with Crippen LogP contribution in [0.5, 0.6) is 0 Å². The zero-order valence-electron chi connectivity index (χ0n) is 3.79. The first kappa shape index (κ1) is 5.24. The fraction of sp³-hybridized carbons (Fsp3) is 0. The van der Waals surface area contributed by atoms with Crippen molar-refractivity contribution in [3.05, 3.63) is 0 Å². The highest BCUT2D eigenvalue weighted by atomic mass is 32.1. The molecule has 0 N–H and O–H groups in total. The van der Waals surface area contributed by atoms with Crippen LogP contribution in [0.4, 0.5) is 4.79 Å². The quantitative estimate of drug-likeness (QED) is 0.442. The molecule has 0 bridgehead atoms. The van der Waals surface area contributed by atoms with Crippen molar-refractivity contribution in [2.45, 2.75) is 0 Å². The molecule has 0 fully saturated rings. The number of hydrogen-bond acceptors (Lipinski definition) is 2. The summed E-state index contributed by atoms with van der Waals surface area (Å²) in [7, 11) is 0. The van der Waals surface area contributed by atoms with Gasteiger partial charge in [0.25, 0.3) is 0 Å². The predicted octanol–water partition coefficient (Wildman–Crippen LogP) is 0.509. The minimum Gasteiger partial charge on any atom is -0.244 e. The highest BCUT2D eigenvalue weighted by molar-refractivity contribution is 7.83. The van der Waals surface area contributed by atoms with Crippen molar-refractivity contribution in [2.75, 3.05) is 0 Å². The summed E-state index contributed by atoms with van der Waals surface area (Å²) in [6.45, 7) is 0. The standard InChI is InChI=1S/C4HN2OS/c7-4-5-1-3(8)2-6-4/h1H. The highest BCUT2D eigenvalue weighted by Crippen LogP contribution is 1.85. The van der Waals surface area contributed by atoms with Crippen molar-refractivity contribution in [3.63, 3.8) is 0 Å². The van der Waals surface area contributed by atoms with E-state index >= 15 is 0 Å². The number of amides is 2. The van der Waals surface area contributed by atoms with Crippen molar-refractivity contribution < 1.29 is 4.79 Å². The summed E-state index contributed by atoms with van der Waals surface area (Å²) in [5, 5.41) is 0. The van der Waals surface area contributed by atoms with Crippen LogP contribution in [0, 0.1) is 0 Å². The van der Waals surface area contributed by atoms with Gasteiger partial charge >= 0.3 is 6.03 Å². The van der Waals surface area contributed by atoms with Crippen LogP contribution in [-0.2, 0) is 0 Å². The number of aliphatic imine (C=N–C) groups is 2. The number of carbonyl (C=O) groups is 1. The molecule has 0 aromatic carbocycles. The number of rotatable bonds is 0. The number of nitrogens with zero attached hydrogens (tertiary/aromatic N) is 2. The van der Waals surface area contributed by atoms with Gasteiger partial charge in [-0.25, -0.2) is 4.79 Å². The Labute approximate surface area is 51.1 Å². The number of carbonyl (C=O) groups excluding carboxylic acids is 1. The third-order valence-electron chi connectivity index (χ3n) is 0.554. The first-order valence-electron chi connectivity index (χ1n) is 1.88. The van der Waals surface area contributed by atoms with Crippen LogP contribution in [-0.4, -0.2) is 23.3 Å². The Bertz CT molecular complexity index is 156. The largest absolute Gasteiger partial charge is 0.367 e. The van der Waals surface area contributed by atoms with Crippen LogP contribution in [0.3, 0.4) is 0 Å². The van der Waals surface area contributed by atoms with E-state index in [1.54, 1.807) is 0 Å². The lowest BCUT2D eigenvalue weighted by Gasteiger charge is -1.87. The summed E-state index contributed by atoms with van der Waals surface area (Å²) in [6.07, 6.45) is 3.54. The van der Waals surface area contributed by atoms with Gasteiger partial charge in [-0.3, -0.25) is 0 Å². The second-order valence-electron chi connectivity index (χ2n) is 1.13. The second kappa shape index (κ2) is 1.92. The molecule has 0 atom stereocenters. The van der Waals surface area contributed by atoms with E-state index in [1.807, 2.05) is 0 Å². The van der Waals surface area contributed by atoms with Gasteiger partial charge in [-0.05, 0) is 0 Å². The molecule has 0 saturated heterocycles. The number of hydrogen-bond donors (Lipinski definition) is 0. The fourth-order valence-electron chi connectivity index (χ4n) is 0.275. The topological polar surface area (TPSA) is 41.8 Å². The molecular weight excluding hydrogens is 124 g/mol. The van der Waals surface area contributed by atoms with Gasteiger partial charge in [-0.2, -0.15) is 9.98 Å². The SMILES string of the molecule is O=C1N=[C]C(=S)C=N1. The van der Waals surface area contributed by atoms with E-state index in [2.05, 4.69) is 28.4 Å². The lowest BCUT2D eigenvalue weighted by atomic mass is 10.5. The molecule has 1 aliphatic heterocycles. The van der Waals surface area contributed by atoms with Crippen molar-refractivity contribution in [3.8, 4) is 0 Å². The maximum atomic E-state index is 10.1. The van der Waals surface area contributed by atoms with E-state index < -0.39 is 6.03 Å². The van der Waals surface area contributed by atoms with E-state index in [0.29, 0.717) is 4.86 Å². The number of thiocarbonyl (C=S) groups is 1. The molecular formula is C4HN2OS. The lowest BCUT2D eigenvalue weighted by molar-refractivity contribution is 0.257. The molecule has 1 heterocycles. The van der Waals surface area contributed by atoms with Gasteiger partial charge in [0.2, 0.25) is 0 Å². The molecule has 1 aliphatic rings. The van der Waals surface area contributed by atoms with Crippen LogP contribution in [0.1, 0.15) is 0 Å². The first-order chi connectivity index (χ1) is 3.79. The van der Waals surface area contributed by atoms with Gasteiger partial charge in [-0.1, -0.05) is 12.2 Å². The maximum Gasteiger partial charge on any atom is 0.367 e. The molecule has 1 rings (SSSR count). The lowest BCUT2D eigenvalue weighted by Crippen LogP contribution is -2.05. The second-order valence-corrected chi connectivity index (χ2v) is 1.57.